The van der Waals surface area contributed by atoms with Crippen LogP contribution < -0.4 is 0 Å². The number of ether oxygens (including phenoxy) is 1. The van der Waals surface area contributed by atoms with E-state index >= 15 is 0 Å². The molecule has 0 amide bonds. The molecule has 1 aliphatic heterocycles. The molecule has 3 aromatic heterocycles. The van der Waals surface area contributed by atoms with Crippen LogP contribution in [-0.2, 0) is 15.4 Å². The number of H-pyrrole nitrogens is 1. The maximum atomic E-state index is 10.9. The lowest BCUT2D eigenvalue weighted by Crippen LogP contribution is -2.39. The lowest BCUT2D eigenvalue weighted by atomic mass is 9.94. The van der Waals surface area contributed by atoms with E-state index in [-0.39, 0.29) is 11.9 Å². The SMILES string of the molecule is Cc1cc(-c2[nH]c3ccc(C4CN(CCC[SH](=O)=O)CCO4)cc3c2C(C)C)cn2ncnc12. The zero-order chi connectivity index (χ0) is 23.8. The summed E-state index contributed by atoms with van der Waals surface area (Å²) in [7, 11) is -2.31. The van der Waals surface area contributed by atoms with Crippen LogP contribution in [0, 0.1) is 6.92 Å². The maximum absolute atomic E-state index is 10.9. The summed E-state index contributed by atoms with van der Waals surface area (Å²) in [5.74, 6) is 0.566. The molecular weight excluding hydrogens is 450 g/mol. The van der Waals surface area contributed by atoms with Crippen molar-refractivity contribution < 1.29 is 13.2 Å². The zero-order valence-electron chi connectivity index (χ0n) is 19.8. The summed E-state index contributed by atoms with van der Waals surface area (Å²) >= 11 is 0. The molecule has 1 unspecified atom stereocenters. The number of nitrogens with zero attached hydrogens (tertiary/aromatic N) is 4. The third-order valence-electron chi connectivity index (χ3n) is 6.63. The standard InChI is InChI=1S/C25H31N5O3S/c1-16(2)23-20-12-18(22-14-29(8-9-33-22)7-4-10-34(31)32)5-6-21(20)28-24(23)19-11-17(3)25-26-15-27-30(25)13-19/h5-6,11-13,15-16,22,28,34H,4,7-10,14H2,1-3H3. The van der Waals surface area contributed by atoms with E-state index in [1.165, 1.54) is 10.9 Å². The van der Waals surface area contributed by atoms with Crippen LogP contribution in [0.25, 0.3) is 27.8 Å². The lowest BCUT2D eigenvalue weighted by molar-refractivity contribution is -0.0297. The van der Waals surface area contributed by atoms with Crippen molar-refractivity contribution in [1.29, 1.82) is 0 Å². The largest absolute Gasteiger partial charge is 0.371 e. The highest BCUT2D eigenvalue weighted by atomic mass is 32.2. The number of aryl methyl sites for hydroxylation is 1. The third-order valence-corrected chi connectivity index (χ3v) is 7.31. The Morgan fingerprint density at radius 2 is 2.12 bits per heavy atom. The van der Waals surface area contributed by atoms with Crippen LogP contribution in [0.3, 0.4) is 0 Å². The van der Waals surface area contributed by atoms with E-state index in [0.717, 1.165) is 53.2 Å². The normalized spacial score (nSPS) is 17.5. The first-order chi connectivity index (χ1) is 16.4. The van der Waals surface area contributed by atoms with Crippen molar-refractivity contribution in [2.75, 3.05) is 32.0 Å². The van der Waals surface area contributed by atoms with Crippen LogP contribution in [-0.4, -0.2) is 64.9 Å². The minimum absolute atomic E-state index is 0.0220. The predicted molar refractivity (Wildman–Crippen MR) is 134 cm³/mol. The van der Waals surface area contributed by atoms with E-state index in [2.05, 4.69) is 65.0 Å². The van der Waals surface area contributed by atoms with Crippen molar-refractivity contribution in [3.8, 4) is 11.3 Å². The van der Waals surface area contributed by atoms with Gasteiger partial charge in [0.25, 0.3) is 0 Å². The summed E-state index contributed by atoms with van der Waals surface area (Å²) in [5.41, 5.74) is 7.70. The Bertz CT molecular complexity index is 1400. The first-order valence-corrected chi connectivity index (χ1v) is 13.2. The van der Waals surface area contributed by atoms with Gasteiger partial charge in [0.2, 0.25) is 0 Å². The third kappa shape index (κ3) is 4.47. The van der Waals surface area contributed by atoms with E-state index in [1.54, 1.807) is 6.33 Å². The lowest BCUT2D eigenvalue weighted by Gasteiger charge is -2.33. The molecular formula is C25H31N5O3S. The van der Waals surface area contributed by atoms with Gasteiger partial charge in [0, 0.05) is 41.5 Å². The van der Waals surface area contributed by atoms with Gasteiger partial charge in [-0.15, -0.1) is 0 Å². The summed E-state index contributed by atoms with van der Waals surface area (Å²) in [6, 6.07) is 8.71. The Balaban J connectivity index is 1.49. The van der Waals surface area contributed by atoms with Crippen molar-refractivity contribution in [3.05, 3.63) is 53.5 Å². The topological polar surface area (TPSA) is 92.6 Å². The Morgan fingerprint density at radius 1 is 1.26 bits per heavy atom. The van der Waals surface area contributed by atoms with Gasteiger partial charge in [-0.1, -0.05) is 19.9 Å². The Hall–Kier alpha value is -2.75. The van der Waals surface area contributed by atoms with Gasteiger partial charge in [0.15, 0.2) is 5.65 Å². The molecule has 180 valence electrons. The van der Waals surface area contributed by atoms with Crippen LogP contribution in [0.4, 0.5) is 0 Å². The van der Waals surface area contributed by atoms with Gasteiger partial charge in [-0.05, 0) is 60.7 Å². The van der Waals surface area contributed by atoms with Crippen molar-refractivity contribution in [2.24, 2.45) is 0 Å². The van der Waals surface area contributed by atoms with Crippen molar-refractivity contribution in [2.45, 2.75) is 39.2 Å². The van der Waals surface area contributed by atoms with E-state index in [1.807, 2.05) is 10.7 Å². The minimum atomic E-state index is -2.31. The number of morpholine rings is 1. The molecule has 0 bridgehead atoms. The van der Waals surface area contributed by atoms with Crippen molar-refractivity contribution in [3.63, 3.8) is 0 Å². The highest BCUT2D eigenvalue weighted by Crippen LogP contribution is 2.37. The average Bonchev–Trinajstić information content (AvgIpc) is 3.43. The maximum Gasteiger partial charge on any atom is 0.158 e. The van der Waals surface area contributed by atoms with Gasteiger partial charge in [-0.25, -0.2) is 17.9 Å². The number of rotatable bonds is 7. The van der Waals surface area contributed by atoms with Crippen LogP contribution in [0.5, 0.6) is 0 Å². The number of hydrogen-bond donors (Lipinski definition) is 2. The molecule has 0 aliphatic carbocycles. The molecule has 9 heteroatoms. The molecule has 5 rings (SSSR count). The quantitative estimate of drug-likeness (QED) is 0.391. The fraction of sp³-hybridized carbons (Fsp3) is 0.440. The first kappa shape index (κ1) is 23.0. The van der Waals surface area contributed by atoms with Crippen molar-refractivity contribution in [1.82, 2.24) is 24.5 Å². The van der Waals surface area contributed by atoms with Gasteiger partial charge in [-0.2, -0.15) is 5.10 Å². The van der Waals surface area contributed by atoms with Crippen LogP contribution in [0.2, 0.25) is 0 Å². The molecule has 0 saturated carbocycles. The predicted octanol–water partition coefficient (Wildman–Crippen LogP) is 3.68. The number of benzene rings is 1. The molecule has 1 aromatic carbocycles. The average molecular weight is 482 g/mol. The molecule has 8 nitrogen and oxygen atoms in total. The summed E-state index contributed by atoms with van der Waals surface area (Å²) in [4.78, 5) is 10.3. The second-order valence-electron chi connectivity index (χ2n) is 9.38. The molecule has 4 aromatic rings. The minimum Gasteiger partial charge on any atom is -0.371 e. The van der Waals surface area contributed by atoms with E-state index in [0.29, 0.717) is 18.9 Å². The van der Waals surface area contributed by atoms with Gasteiger partial charge < -0.3 is 9.72 Å². The van der Waals surface area contributed by atoms with Gasteiger partial charge in [0.1, 0.15) is 17.0 Å². The molecule has 0 spiro atoms. The second kappa shape index (κ2) is 9.48. The molecule has 1 aliphatic rings. The summed E-state index contributed by atoms with van der Waals surface area (Å²) in [6.45, 7) is 9.55. The number of thiol groups is 1. The molecule has 1 fully saturated rings. The number of pyridine rings is 1. The summed E-state index contributed by atoms with van der Waals surface area (Å²) in [6.07, 6.45) is 4.26. The molecule has 34 heavy (non-hydrogen) atoms. The Morgan fingerprint density at radius 3 is 2.91 bits per heavy atom. The highest BCUT2D eigenvalue weighted by Gasteiger charge is 2.24. The number of fused-ring (bicyclic) bond motifs is 2. The van der Waals surface area contributed by atoms with Gasteiger partial charge in [-0.3, -0.25) is 4.90 Å². The van der Waals surface area contributed by atoms with Gasteiger partial charge >= 0.3 is 0 Å². The molecule has 1 saturated heterocycles. The van der Waals surface area contributed by atoms with Gasteiger partial charge in [0.05, 0.1) is 18.4 Å². The smallest absolute Gasteiger partial charge is 0.158 e. The van der Waals surface area contributed by atoms with E-state index in [4.69, 9.17) is 4.74 Å². The molecule has 1 N–H and O–H groups in total. The number of nitrogens with one attached hydrogen (secondary N) is 1. The summed E-state index contributed by atoms with van der Waals surface area (Å²) < 4.78 is 29.7. The fourth-order valence-corrected chi connectivity index (χ4v) is 5.42. The first-order valence-electron chi connectivity index (χ1n) is 11.8. The van der Waals surface area contributed by atoms with E-state index < -0.39 is 10.7 Å². The van der Waals surface area contributed by atoms with Crippen molar-refractivity contribution >= 4 is 27.3 Å². The Labute approximate surface area is 200 Å². The Kier molecular flexibility index (Phi) is 6.42. The number of hydrogen-bond acceptors (Lipinski definition) is 6. The second-order valence-corrected chi connectivity index (χ2v) is 10.5. The molecule has 4 heterocycles. The summed E-state index contributed by atoms with van der Waals surface area (Å²) in [5, 5.41) is 5.56. The molecule has 0 radical (unpaired) electrons. The number of aromatic nitrogens is 4. The highest BCUT2D eigenvalue weighted by molar-refractivity contribution is 7.72. The van der Waals surface area contributed by atoms with Crippen LogP contribution >= 0.6 is 0 Å². The fourth-order valence-electron chi connectivity index (χ4n) is 5.02. The van der Waals surface area contributed by atoms with Crippen LogP contribution in [0.15, 0.2) is 36.8 Å². The van der Waals surface area contributed by atoms with E-state index in [9.17, 15) is 8.42 Å². The zero-order valence-corrected chi connectivity index (χ0v) is 20.7. The van der Waals surface area contributed by atoms with Crippen LogP contribution in [0.1, 0.15) is 49.0 Å². The monoisotopic (exact) mass is 481 g/mol. The molecule has 1 atom stereocenters. The number of aromatic amines is 1.